The topological polar surface area (TPSA) is 69.0 Å². The molecule has 1 N–H and O–H groups in total. The number of para-hydroxylation sites is 1. The van der Waals surface area contributed by atoms with E-state index in [0.717, 1.165) is 33.7 Å². The monoisotopic (exact) mass is 436 g/mol. The molecule has 0 unspecified atom stereocenters. The third kappa shape index (κ3) is 5.76. The first-order chi connectivity index (χ1) is 14.9. The summed E-state index contributed by atoms with van der Waals surface area (Å²) in [6, 6.07) is 12.0. The molecule has 6 nitrogen and oxygen atoms in total. The molecule has 1 amide bonds. The van der Waals surface area contributed by atoms with Crippen LogP contribution in [0.1, 0.15) is 28.1 Å². The molecule has 3 aromatic rings. The minimum Gasteiger partial charge on any atom is -0.485 e. The van der Waals surface area contributed by atoms with E-state index in [9.17, 15) is 4.79 Å². The third-order valence-electron chi connectivity index (χ3n) is 4.85. The Morgan fingerprint density at radius 1 is 1.13 bits per heavy atom. The van der Waals surface area contributed by atoms with Crippen molar-refractivity contribution in [1.29, 1.82) is 0 Å². The zero-order valence-corrected chi connectivity index (χ0v) is 19.3. The largest absolute Gasteiger partial charge is 0.485 e. The zero-order chi connectivity index (χ0) is 22.4. The average molecular weight is 437 g/mol. The van der Waals surface area contributed by atoms with Gasteiger partial charge in [-0.1, -0.05) is 53.7 Å². The van der Waals surface area contributed by atoms with Gasteiger partial charge in [0.25, 0.3) is 0 Å². The first-order valence-electron chi connectivity index (χ1n) is 10.1. The van der Waals surface area contributed by atoms with Crippen LogP contribution >= 0.6 is 11.8 Å². The summed E-state index contributed by atoms with van der Waals surface area (Å²) < 4.78 is 7.96. The van der Waals surface area contributed by atoms with Crippen LogP contribution in [-0.4, -0.2) is 26.4 Å². The van der Waals surface area contributed by atoms with E-state index < -0.39 is 0 Å². The van der Waals surface area contributed by atoms with Crippen molar-refractivity contribution >= 4 is 23.4 Å². The van der Waals surface area contributed by atoms with Crippen LogP contribution in [0.2, 0.25) is 0 Å². The van der Waals surface area contributed by atoms with E-state index in [-0.39, 0.29) is 11.7 Å². The molecule has 3 rings (SSSR count). The molecule has 0 bridgehead atoms. The van der Waals surface area contributed by atoms with E-state index in [4.69, 9.17) is 4.74 Å². The minimum absolute atomic E-state index is 0.0848. The van der Waals surface area contributed by atoms with E-state index in [2.05, 4.69) is 22.1 Å². The van der Waals surface area contributed by atoms with Crippen molar-refractivity contribution < 1.29 is 9.53 Å². The molecule has 0 spiro atoms. The van der Waals surface area contributed by atoms with Gasteiger partial charge in [0.1, 0.15) is 12.4 Å². The number of ether oxygens (including phenoxy) is 1. The van der Waals surface area contributed by atoms with Crippen molar-refractivity contribution in [2.75, 3.05) is 11.1 Å². The van der Waals surface area contributed by atoms with Crippen LogP contribution < -0.4 is 10.1 Å². The number of nitrogens with zero attached hydrogens (tertiary/aromatic N) is 3. The number of anilines is 1. The lowest BCUT2D eigenvalue weighted by atomic mass is 10.1. The summed E-state index contributed by atoms with van der Waals surface area (Å²) in [5.41, 5.74) is 5.18. The fourth-order valence-electron chi connectivity index (χ4n) is 3.28. The number of allylic oxidation sites excluding steroid dienone is 1. The van der Waals surface area contributed by atoms with Crippen molar-refractivity contribution in [3.63, 3.8) is 0 Å². The highest BCUT2D eigenvalue weighted by Gasteiger charge is 2.15. The summed E-state index contributed by atoms with van der Waals surface area (Å²) in [6.45, 7) is 12.7. The Hall–Kier alpha value is -3.06. The average Bonchev–Trinajstić information content (AvgIpc) is 3.10. The molecule has 2 aromatic carbocycles. The fourth-order valence-corrected chi connectivity index (χ4v) is 4.05. The van der Waals surface area contributed by atoms with Crippen LogP contribution in [0, 0.1) is 27.7 Å². The highest BCUT2D eigenvalue weighted by Crippen LogP contribution is 2.24. The number of carbonyl (C=O) groups excluding carboxylic acids is 1. The molecule has 0 aliphatic rings. The predicted molar refractivity (Wildman–Crippen MR) is 126 cm³/mol. The van der Waals surface area contributed by atoms with Crippen LogP contribution in [0.3, 0.4) is 0 Å². The summed E-state index contributed by atoms with van der Waals surface area (Å²) in [5.74, 6) is 1.70. The molecule has 0 saturated carbocycles. The first kappa shape index (κ1) is 22.6. The lowest BCUT2D eigenvalue weighted by molar-refractivity contribution is -0.113. The highest BCUT2D eigenvalue weighted by atomic mass is 32.2. The quantitative estimate of drug-likeness (QED) is 0.377. The Bertz CT molecular complexity index is 1070. The molecule has 0 aliphatic carbocycles. The van der Waals surface area contributed by atoms with Crippen LogP contribution in [-0.2, 0) is 17.9 Å². The summed E-state index contributed by atoms with van der Waals surface area (Å²) in [4.78, 5) is 12.5. The van der Waals surface area contributed by atoms with Gasteiger partial charge < -0.3 is 10.1 Å². The number of nitrogens with one attached hydrogen (secondary N) is 1. The molecule has 0 radical (unpaired) electrons. The molecule has 0 aliphatic heterocycles. The van der Waals surface area contributed by atoms with Gasteiger partial charge in [-0.2, -0.15) is 0 Å². The molecule has 0 fully saturated rings. The van der Waals surface area contributed by atoms with Crippen LogP contribution in [0.4, 0.5) is 5.69 Å². The number of aromatic nitrogens is 3. The Morgan fingerprint density at radius 2 is 1.87 bits per heavy atom. The standard InChI is InChI=1S/C24H28N4O2S/c1-6-12-28-21(14-30-23-17(3)8-7-9-18(23)4)26-27-24(28)31-15-22(29)25-20-11-10-16(2)13-19(20)5/h6-11,13H,1,12,14-15H2,2-5H3,(H,25,29). The summed E-state index contributed by atoms with van der Waals surface area (Å²) in [6.07, 6.45) is 1.78. The zero-order valence-electron chi connectivity index (χ0n) is 18.4. The fraction of sp³-hybridized carbons (Fsp3) is 0.292. The number of amides is 1. The molecule has 31 heavy (non-hydrogen) atoms. The number of benzene rings is 2. The predicted octanol–water partition coefficient (Wildman–Crippen LogP) is 5.01. The second-order valence-electron chi connectivity index (χ2n) is 7.46. The molecule has 7 heteroatoms. The van der Waals surface area contributed by atoms with Gasteiger partial charge in [0, 0.05) is 12.2 Å². The van der Waals surface area contributed by atoms with Gasteiger partial charge in [-0.15, -0.1) is 16.8 Å². The molecule has 1 aromatic heterocycles. The number of carbonyl (C=O) groups is 1. The Labute approximate surface area is 187 Å². The van der Waals surface area contributed by atoms with Crippen molar-refractivity contribution in [1.82, 2.24) is 14.8 Å². The van der Waals surface area contributed by atoms with Gasteiger partial charge >= 0.3 is 0 Å². The molecule has 0 atom stereocenters. The maximum absolute atomic E-state index is 12.5. The number of thioether (sulfide) groups is 1. The van der Waals surface area contributed by atoms with Gasteiger partial charge in [0.05, 0.1) is 5.75 Å². The molecule has 1 heterocycles. The summed E-state index contributed by atoms with van der Waals surface area (Å²) >= 11 is 1.35. The van der Waals surface area contributed by atoms with Crippen LogP contribution in [0.25, 0.3) is 0 Å². The smallest absolute Gasteiger partial charge is 0.234 e. The van der Waals surface area contributed by atoms with Crippen molar-refractivity contribution in [2.24, 2.45) is 0 Å². The van der Waals surface area contributed by atoms with Gasteiger partial charge in [-0.3, -0.25) is 9.36 Å². The Balaban J connectivity index is 1.65. The first-order valence-corrected chi connectivity index (χ1v) is 11.1. The second kappa shape index (κ2) is 10.3. The third-order valence-corrected chi connectivity index (χ3v) is 5.81. The number of hydrogen-bond donors (Lipinski definition) is 1. The lowest BCUT2D eigenvalue weighted by Gasteiger charge is -2.13. The molecule has 162 valence electrons. The van der Waals surface area contributed by atoms with E-state index >= 15 is 0 Å². The number of rotatable bonds is 9. The number of aryl methyl sites for hydroxylation is 4. The van der Waals surface area contributed by atoms with Gasteiger partial charge in [0.15, 0.2) is 11.0 Å². The van der Waals surface area contributed by atoms with Gasteiger partial charge in [-0.05, 0) is 50.5 Å². The highest BCUT2D eigenvalue weighted by molar-refractivity contribution is 7.99. The normalized spacial score (nSPS) is 10.7. The Kier molecular flexibility index (Phi) is 7.52. The van der Waals surface area contributed by atoms with Crippen molar-refractivity contribution in [3.05, 3.63) is 77.1 Å². The van der Waals surface area contributed by atoms with E-state index in [1.165, 1.54) is 11.8 Å². The van der Waals surface area contributed by atoms with Gasteiger partial charge in [0.2, 0.25) is 5.91 Å². The van der Waals surface area contributed by atoms with E-state index in [0.29, 0.717) is 24.1 Å². The van der Waals surface area contributed by atoms with Gasteiger partial charge in [-0.25, -0.2) is 0 Å². The maximum atomic E-state index is 12.5. The minimum atomic E-state index is -0.0848. The van der Waals surface area contributed by atoms with Crippen LogP contribution in [0.15, 0.2) is 54.2 Å². The van der Waals surface area contributed by atoms with E-state index in [1.807, 2.05) is 68.7 Å². The number of hydrogen-bond acceptors (Lipinski definition) is 5. The SMILES string of the molecule is C=CCn1c(COc2c(C)cccc2C)nnc1SCC(=O)Nc1ccc(C)cc1C. The molecular formula is C24H28N4O2S. The lowest BCUT2D eigenvalue weighted by Crippen LogP contribution is -2.15. The second-order valence-corrected chi connectivity index (χ2v) is 8.41. The van der Waals surface area contributed by atoms with Crippen molar-refractivity contribution in [3.8, 4) is 5.75 Å². The Morgan fingerprint density at radius 3 is 2.55 bits per heavy atom. The summed E-state index contributed by atoms with van der Waals surface area (Å²) in [5, 5.41) is 12.2. The molecular weight excluding hydrogens is 408 g/mol. The van der Waals surface area contributed by atoms with Crippen LogP contribution in [0.5, 0.6) is 5.75 Å². The maximum Gasteiger partial charge on any atom is 0.234 e. The summed E-state index contributed by atoms with van der Waals surface area (Å²) in [7, 11) is 0. The van der Waals surface area contributed by atoms with Crippen molar-refractivity contribution in [2.45, 2.75) is 46.0 Å². The molecule has 0 saturated heterocycles. The van der Waals surface area contributed by atoms with E-state index in [1.54, 1.807) is 6.08 Å².